The Morgan fingerprint density at radius 1 is 1.07 bits per heavy atom. The minimum Gasteiger partial charge on any atom is -0.0917 e. The summed E-state index contributed by atoms with van der Waals surface area (Å²) in [6, 6.07) is 0. The maximum Gasteiger partial charge on any atom is 0.0300 e. The van der Waals surface area contributed by atoms with Crippen LogP contribution in [0, 0.1) is 11.3 Å². The third-order valence-corrected chi connectivity index (χ3v) is 1.73. The van der Waals surface area contributed by atoms with Crippen molar-refractivity contribution < 1.29 is 1.37 Å². The molecule has 0 bridgehead atoms. The van der Waals surface area contributed by atoms with Gasteiger partial charge in [0.2, 0.25) is 0 Å². The first-order valence-corrected chi connectivity index (χ1v) is 5.84. The molecule has 0 aliphatic rings. The molecule has 0 aromatic rings. The van der Waals surface area contributed by atoms with E-state index in [1.165, 1.54) is 6.42 Å². The normalized spacial score (nSPS) is 13.9. The molecule has 90 valence electrons. The van der Waals surface area contributed by atoms with Crippen molar-refractivity contribution in [2.45, 2.75) is 61.3 Å². The van der Waals surface area contributed by atoms with Crippen LogP contribution in [-0.2, 0) is 0 Å². The highest BCUT2D eigenvalue weighted by atomic mass is 14.1. The van der Waals surface area contributed by atoms with Crippen LogP contribution in [0.25, 0.3) is 0 Å². The van der Waals surface area contributed by atoms with Crippen LogP contribution in [0.3, 0.4) is 0 Å². The van der Waals surface area contributed by atoms with Gasteiger partial charge in [-0.3, -0.25) is 0 Å². The topological polar surface area (TPSA) is 0 Å². The van der Waals surface area contributed by atoms with Gasteiger partial charge in [0.15, 0.2) is 0 Å². The van der Waals surface area contributed by atoms with E-state index in [0.717, 1.165) is 6.42 Å². The van der Waals surface area contributed by atoms with Gasteiger partial charge in [-0.1, -0.05) is 58.9 Å². The van der Waals surface area contributed by atoms with E-state index in [1.54, 1.807) is 0 Å². The summed E-state index contributed by atoms with van der Waals surface area (Å²) < 4.78 is 7.38. The first-order valence-electron chi connectivity index (χ1n) is 6.34. The maximum absolute atomic E-state index is 7.38. The Labute approximate surface area is 98.9 Å². The highest BCUT2D eigenvalue weighted by Crippen LogP contribution is 2.18. The summed E-state index contributed by atoms with van der Waals surface area (Å²) in [4.78, 5) is 0. The van der Waals surface area contributed by atoms with Crippen LogP contribution in [-0.4, -0.2) is 0 Å². The van der Waals surface area contributed by atoms with E-state index in [9.17, 15) is 0 Å². The zero-order valence-corrected chi connectivity index (χ0v) is 11.7. The molecular weight excluding hydrogens is 180 g/mol. The Kier molecular flexibility index (Phi) is 9.67. The molecule has 0 aromatic carbocycles. The van der Waals surface area contributed by atoms with Crippen LogP contribution in [0.1, 0.15) is 62.7 Å². The van der Waals surface area contributed by atoms with Crippen molar-refractivity contribution in [3.63, 3.8) is 0 Å². The highest BCUT2D eigenvalue weighted by molar-refractivity contribution is 4.82. The van der Waals surface area contributed by atoms with E-state index in [0.29, 0.717) is 5.41 Å². The van der Waals surface area contributed by atoms with Crippen molar-refractivity contribution in [2.75, 3.05) is 0 Å². The van der Waals surface area contributed by atoms with Crippen LogP contribution >= 0.6 is 0 Å². The quantitative estimate of drug-likeness (QED) is 0.532. The Balaban J connectivity index is 0. The lowest BCUT2D eigenvalue weighted by Gasteiger charge is -2.13. The summed E-state index contributed by atoms with van der Waals surface area (Å²) in [6.45, 7) is 14.6. The lowest BCUT2D eigenvalue weighted by molar-refractivity contribution is 0.420. The first kappa shape index (κ1) is 14.5. The van der Waals surface area contributed by atoms with Gasteiger partial charge in [-0.15, -0.1) is 0 Å². The summed E-state index contributed by atoms with van der Waals surface area (Å²) in [5.41, 5.74) is 0.465. The standard InChI is InChI=1S/C8H16.C7H14/c1-5-6-7-8(2,3)4;1-4-5-6-7(2)3/h5-6H,7H2,1-4H3;4-5,7H,6H2,1-3H3/i;7D. The number of hydrogen-bond acceptors (Lipinski definition) is 0. The van der Waals surface area contributed by atoms with Gasteiger partial charge in [-0.2, -0.15) is 0 Å². The number of rotatable bonds is 3. The van der Waals surface area contributed by atoms with Gasteiger partial charge < -0.3 is 0 Å². The molecule has 0 spiro atoms. The van der Waals surface area contributed by atoms with Crippen molar-refractivity contribution in [1.82, 2.24) is 0 Å². The molecule has 0 saturated carbocycles. The minimum absolute atomic E-state index is 0.285. The van der Waals surface area contributed by atoms with Gasteiger partial charge in [-0.25, -0.2) is 0 Å². The second kappa shape index (κ2) is 10.0. The third-order valence-electron chi connectivity index (χ3n) is 1.73. The first-order chi connectivity index (χ1) is 7.12. The smallest absolute Gasteiger partial charge is 0.0300 e. The lowest BCUT2D eigenvalue weighted by atomic mass is 9.92. The van der Waals surface area contributed by atoms with E-state index in [1.807, 2.05) is 32.9 Å². The van der Waals surface area contributed by atoms with Gasteiger partial charge in [0.25, 0.3) is 0 Å². The summed E-state index contributed by atoms with van der Waals surface area (Å²) in [7, 11) is 0. The maximum atomic E-state index is 7.38. The largest absolute Gasteiger partial charge is 0.0917 e. The summed E-state index contributed by atoms with van der Waals surface area (Å²) in [5, 5.41) is 0. The average molecular weight is 211 g/mol. The molecule has 0 nitrogen and oxygen atoms in total. The van der Waals surface area contributed by atoms with Gasteiger partial charge >= 0.3 is 0 Å². The molecule has 0 fully saturated rings. The summed E-state index contributed by atoms with van der Waals surface area (Å²) in [6.07, 6.45) is 10.3. The number of hydrogen-bond donors (Lipinski definition) is 0. The fraction of sp³-hybridized carbons (Fsp3) is 0.733. The molecule has 0 amide bonds. The Morgan fingerprint density at radius 2 is 1.53 bits per heavy atom. The molecule has 0 aliphatic carbocycles. The predicted molar refractivity (Wildman–Crippen MR) is 73.2 cm³/mol. The van der Waals surface area contributed by atoms with Crippen molar-refractivity contribution >= 4 is 0 Å². The molecule has 0 aromatic heterocycles. The van der Waals surface area contributed by atoms with E-state index < -0.39 is 0 Å². The molecule has 0 heterocycles. The highest BCUT2D eigenvalue weighted by Gasteiger charge is 2.05. The van der Waals surface area contributed by atoms with Gasteiger partial charge in [0.1, 0.15) is 0 Å². The Hall–Kier alpha value is -0.520. The molecule has 0 rings (SSSR count). The summed E-state index contributed by atoms with van der Waals surface area (Å²) >= 11 is 0. The molecule has 0 unspecified atom stereocenters. The van der Waals surface area contributed by atoms with Gasteiger partial charge in [-0.05, 0) is 38.0 Å². The zero-order chi connectivity index (χ0) is 13.2. The minimum atomic E-state index is -0.285. The molecule has 0 radical (unpaired) electrons. The average Bonchev–Trinajstić information content (AvgIpc) is 2.10. The molecule has 0 saturated heterocycles. The van der Waals surface area contributed by atoms with E-state index in [2.05, 4.69) is 39.8 Å². The SMILES string of the molecule is CC=CCC(C)(C)C.[2H]C(C)(C)CC=CC. The zero-order valence-electron chi connectivity index (χ0n) is 12.7. The Bertz CT molecular complexity index is 174. The Morgan fingerprint density at radius 3 is 1.67 bits per heavy atom. The van der Waals surface area contributed by atoms with Crippen molar-refractivity contribution in [3.05, 3.63) is 24.3 Å². The molecular formula is C15H30. The third kappa shape index (κ3) is 24.7. The second-order valence-corrected chi connectivity index (χ2v) is 5.31. The van der Waals surface area contributed by atoms with Crippen molar-refractivity contribution in [1.29, 1.82) is 0 Å². The van der Waals surface area contributed by atoms with E-state index in [4.69, 9.17) is 1.37 Å². The molecule has 0 N–H and O–H groups in total. The molecule has 0 heteroatoms. The van der Waals surface area contributed by atoms with Crippen molar-refractivity contribution in [3.8, 4) is 0 Å². The monoisotopic (exact) mass is 211 g/mol. The van der Waals surface area contributed by atoms with Crippen LogP contribution in [0.5, 0.6) is 0 Å². The van der Waals surface area contributed by atoms with Crippen LogP contribution < -0.4 is 0 Å². The fourth-order valence-corrected chi connectivity index (χ4v) is 0.825. The van der Waals surface area contributed by atoms with E-state index in [-0.39, 0.29) is 5.89 Å². The predicted octanol–water partition coefficient (Wildman–Crippen LogP) is 5.61. The molecule has 0 aliphatic heterocycles. The molecule has 0 atom stereocenters. The van der Waals surface area contributed by atoms with Gasteiger partial charge in [0.05, 0.1) is 0 Å². The summed E-state index contributed by atoms with van der Waals surface area (Å²) in [5.74, 6) is -0.285. The number of allylic oxidation sites excluding steroid dienone is 4. The van der Waals surface area contributed by atoms with E-state index >= 15 is 0 Å². The van der Waals surface area contributed by atoms with Crippen LogP contribution in [0.2, 0.25) is 0 Å². The van der Waals surface area contributed by atoms with Crippen LogP contribution in [0.15, 0.2) is 24.3 Å². The van der Waals surface area contributed by atoms with Crippen LogP contribution in [0.4, 0.5) is 0 Å². The molecule has 15 heavy (non-hydrogen) atoms. The van der Waals surface area contributed by atoms with Crippen molar-refractivity contribution in [2.24, 2.45) is 11.3 Å². The van der Waals surface area contributed by atoms with Gasteiger partial charge in [0, 0.05) is 1.37 Å². The fourth-order valence-electron chi connectivity index (χ4n) is 0.825. The second-order valence-electron chi connectivity index (χ2n) is 5.31. The lowest BCUT2D eigenvalue weighted by Crippen LogP contribution is -2.01.